The van der Waals surface area contributed by atoms with Crippen molar-refractivity contribution < 1.29 is 14.3 Å². The van der Waals surface area contributed by atoms with E-state index in [9.17, 15) is 4.79 Å². The first-order chi connectivity index (χ1) is 14.1. The van der Waals surface area contributed by atoms with Gasteiger partial charge in [-0.2, -0.15) is 0 Å². The molecule has 0 N–H and O–H groups in total. The van der Waals surface area contributed by atoms with Crippen LogP contribution in [0.1, 0.15) is 28.5 Å². The number of hydrogen-bond acceptors (Lipinski definition) is 5. The van der Waals surface area contributed by atoms with Gasteiger partial charge in [-0.15, -0.1) is 0 Å². The minimum absolute atomic E-state index is 0.0345. The number of pyridine rings is 1. The largest absolute Gasteiger partial charge is 0.497 e. The van der Waals surface area contributed by atoms with Crippen LogP contribution in [-0.4, -0.2) is 52.7 Å². The summed E-state index contributed by atoms with van der Waals surface area (Å²) in [6.07, 6.45) is 6.31. The molecule has 1 aliphatic rings. The molecule has 7 nitrogen and oxygen atoms in total. The molecule has 0 bridgehead atoms. The highest BCUT2D eigenvalue weighted by molar-refractivity contribution is 5.97. The number of rotatable bonds is 5. The highest BCUT2D eigenvalue weighted by atomic mass is 16.5. The van der Waals surface area contributed by atoms with E-state index in [1.54, 1.807) is 38.6 Å². The number of carbonyl (C=O) groups is 1. The molecule has 0 saturated carbocycles. The van der Waals surface area contributed by atoms with E-state index in [1.807, 2.05) is 36.4 Å². The van der Waals surface area contributed by atoms with Crippen molar-refractivity contribution in [3.63, 3.8) is 0 Å². The molecule has 3 aromatic rings. The number of benzene rings is 1. The molecule has 3 heterocycles. The van der Waals surface area contributed by atoms with E-state index >= 15 is 0 Å². The molecule has 1 aromatic carbocycles. The topological polar surface area (TPSA) is 69.5 Å². The third-order valence-corrected chi connectivity index (χ3v) is 5.36. The van der Waals surface area contributed by atoms with Gasteiger partial charge in [0.15, 0.2) is 0 Å². The SMILES string of the molecule is COc1ccc(C(=O)N2CCC(n3c(C)cnc3-c3cccnc3)C2)c(OC)c1. The average molecular weight is 392 g/mol. The Morgan fingerprint density at radius 2 is 2.03 bits per heavy atom. The van der Waals surface area contributed by atoms with Crippen LogP contribution < -0.4 is 9.47 Å². The van der Waals surface area contributed by atoms with Crippen LogP contribution in [0.15, 0.2) is 48.9 Å². The van der Waals surface area contributed by atoms with Crippen molar-refractivity contribution in [1.82, 2.24) is 19.4 Å². The van der Waals surface area contributed by atoms with Gasteiger partial charge in [0.25, 0.3) is 5.91 Å². The second kappa shape index (κ2) is 7.95. The lowest BCUT2D eigenvalue weighted by Gasteiger charge is -2.20. The normalized spacial score (nSPS) is 16.1. The molecule has 1 saturated heterocycles. The van der Waals surface area contributed by atoms with Gasteiger partial charge in [-0.1, -0.05) is 0 Å². The molecule has 1 unspecified atom stereocenters. The number of amides is 1. The predicted octanol–water partition coefficient (Wildman–Crippen LogP) is 3.36. The van der Waals surface area contributed by atoms with Gasteiger partial charge in [0, 0.05) is 49.0 Å². The number of ether oxygens (including phenoxy) is 2. The van der Waals surface area contributed by atoms with Gasteiger partial charge in [0.1, 0.15) is 17.3 Å². The van der Waals surface area contributed by atoms with Crippen LogP contribution in [0.4, 0.5) is 0 Å². The third kappa shape index (κ3) is 3.55. The lowest BCUT2D eigenvalue weighted by atomic mass is 10.1. The van der Waals surface area contributed by atoms with E-state index in [1.165, 1.54) is 0 Å². The Balaban J connectivity index is 1.58. The standard InChI is InChI=1S/C22H24N4O3/c1-15-12-24-21(16-5-4-9-23-13-16)26(15)17-8-10-25(14-17)22(27)19-7-6-18(28-2)11-20(19)29-3/h4-7,9,11-13,17H,8,10,14H2,1-3H3. The first-order valence-electron chi connectivity index (χ1n) is 9.58. The molecule has 0 aliphatic carbocycles. The van der Waals surface area contributed by atoms with Crippen LogP contribution in [0, 0.1) is 6.92 Å². The Morgan fingerprint density at radius 1 is 1.17 bits per heavy atom. The second-order valence-electron chi connectivity index (χ2n) is 7.09. The van der Waals surface area contributed by atoms with Crippen molar-refractivity contribution in [2.75, 3.05) is 27.3 Å². The first-order valence-corrected chi connectivity index (χ1v) is 9.58. The van der Waals surface area contributed by atoms with Crippen molar-refractivity contribution in [2.45, 2.75) is 19.4 Å². The fourth-order valence-electron chi connectivity index (χ4n) is 3.90. The number of carbonyl (C=O) groups excluding carboxylic acids is 1. The Bertz CT molecular complexity index is 1020. The molecule has 1 amide bonds. The van der Waals surface area contributed by atoms with Crippen molar-refractivity contribution in [3.05, 3.63) is 60.2 Å². The summed E-state index contributed by atoms with van der Waals surface area (Å²) in [5.41, 5.74) is 2.59. The summed E-state index contributed by atoms with van der Waals surface area (Å²) in [6.45, 7) is 3.35. The zero-order chi connectivity index (χ0) is 20.4. The molecule has 0 radical (unpaired) electrons. The van der Waals surface area contributed by atoms with E-state index in [-0.39, 0.29) is 11.9 Å². The van der Waals surface area contributed by atoms with E-state index in [0.717, 1.165) is 23.5 Å². The van der Waals surface area contributed by atoms with Crippen molar-refractivity contribution in [3.8, 4) is 22.9 Å². The zero-order valence-electron chi connectivity index (χ0n) is 16.8. The molecule has 4 rings (SSSR count). The third-order valence-electron chi connectivity index (χ3n) is 5.36. The van der Waals surface area contributed by atoms with E-state index in [0.29, 0.717) is 30.2 Å². The van der Waals surface area contributed by atoms with Gasteiger partial charge < -0.3 is 18.9 Å². The van der Waals surface area contributed by atoms with Crippen molar-refractivity contribution in [1.29, 1.82) is 0 Å². The number of nitrogens with zero attached hydrogens (tertiary/aromatic N) is 4. The van der Waals surface area contributed by atoms with E-state index in [4.69, 9.17) is 9.47 Å². The maximum absolute atomic E-state index is 13.2. The maximum atomic E-state index is 13.2. The molecule has 2 aromatic heterocycles. The summed E-state index contributed by atoms with van der Waals surface area (Å²) in [7, 11) is 3.15. The molecule has 1 fully saturated rings. The summed E-state index contributed by atoms with van der Waals surface area (Å²) >= 11 is 0. The minimum atomic E-state index is -0.0345. The van der Waals surface area contributed by atoms with Crippen LogP contribution in [0.5, 0.6) is 11.5 Å². The van der Waals surface area contributed by atoms with Gasteiger partial charge in [-0.05, 0) is 37.6 Å². The average Bonchev–Trinajstić information content (AvgIpc) is 3.40. The second-order valence-corrected chi connectivity index (χ2v) is 7.09. The minimum Gasteiger partial charge on any atom is -0.497 e. The quantitative estimate of drug-likeness (QED) is 0.666. The monoisotopic (exact) mass is 392 g/mol. The molecule has 1 aliphatic heterocycles. The van der Waals surface area contributed by atoms with Gasteiger partial charge >= 0.3 is 0 Å². The zero-order valence-corrected chi connectivity index (χ0v) is 16.8. The lowest BCUT2D eigenvalue weighted by Crippen LogP contribution is -2.29. The molecule has 1 atom stereocenters. The fourth-order valence-corrected chi connectivity index (χ4v) is 3.90. The molecule has 150 valence electrons. The van der Waals surface area contributed by atoms with Crippen LogP contribution in [0.2, 0.25) is 0 Å². The fraction of sp³-hybridized carbons (Fsp3) is 0.318. The Morgan fingerprint density at radius 3 is 2.76 bits per heavy atom. The van der Waals surface area contributed by atoms with Crippen LogP contribution >= 0.6 is 0 Å². The highest BCUT2D eigenvalue weighted by Crippen LogP contribution is 2.32. The highest BCUT2D eigenvalue weighted by Gasteiger charge is 2.31. The molecule has 0 spiro atoms. The number of hydrogen-bond donors (Lipinski definition) is 0. The molecule has 29 heavy (non-hydrogen) atoms. The Labute approximate surface area is 169 Å². The number of likely N-dealkylation sites (tertiary alicyclic amines) is 1. The number of methoxy groups -OCH3 is 2. The summed E-state index contributed by atoms with van der Waals surface area (Å²) in [5, 5.41) is 0. The van der Waals surface area contributed by atoms with Crippen molar-refractivity contribution in [2.24, 2.45) is 0 Å². The molecule has 7 heteroatoms. The van der Waals surface area contributed by atoms with Gasteiger partial charge in [-0.3, -0.25) is 9.78 Å². The van der Waals surface area contributed by atoms with Crippen LogP contribution in [0.25, 0.3) is 11.4 Å². The van der Waals surface area contributed by atoms with Gasteiger partial charge in [-0.25, -0.2) is 4.98 Å². The summed E-state index contributed by atoms with van der Waals surface area (Å²) in [4.78, 5) is 23.8. The smallest absolute Gasteiger partial charge is 0.257 e. The van der Waals surface area contributed by atoms with Crippen LogP contribution in [-0.2, 0) is 0 Å². The predicted molar refractivity (Wildman–Crippen MR) is 109 cm³/mol. The Hall–Kier alpha value is -3.35. The van der Waals surface area contributed by atoms with E-state index < -0.39 is 0 Å². The maximum Gasteiger partial charge on any atom is 0.257 e. The first kappa shape index (κ1) is 19.0. The van der Waals surface area contributed by atoms with Crippen molar-refractivity contribution >= 4 is 5.91 Å². The van der Waals surface area contributed by atoms with Gasteiger partial charge in [0.2, 0.25) is 0 Å². The summed E-state index contributed by atoms with van der Waals surface area (Å²) < 4.78 is 12.9. The number of aromatic nitrogens is 3. The van der Waals surface area contributed by atoms with Crippen LogP contribution in [0.3, 0.4) is 0 Å². The number of aryl methyl sites for hydroxylation is 1. The van der Waals surface area contributed by atoms with Gasteiger partial charge in [0.05, 0.1) is 25.8 Å². The number of imidazole rings is 1. The summed E-state index contributed by atoms with van der Waals surface area (Å²) in [5.74, 6) is 2.03. The summed E-state index contributed by atoms with van der Waals surface area (Å²) in [6, 6.07) is 9.36. The Kier molecular flexibility index (Phi) is 5.20. The molecular weight excluding hydrogens is 368 g/mol. The lowest BCUT2D eigenvalue weighted by molar-refractivity contribution is 0.0784. The molecular formula is C22H24N4O3. The van der Waals surface area contributed by atoms with E-state index in [2.05, 4.69) is 14.5 Å².